The molecule has 0 heterocycles. The lowest BCUT2D eigenvalue weighted by atomic mass is 10.1. The molecule has 0 radical (unpaired) electrons. The van der Waals surface area contributed by atoms with Gasteiger partial charge in [0.2, 0.25) is 6.10 Å². The van der Waals surface area contributed by atoms with Crippen LogP contribution in [0.4, 0.5) is 4.79 Å². The summed E-state index contributed by atoms with van der Waals surface area (Å²) in [5.74, 6) is -0.860. The van der Waals surface area contributed by atoms with Gasteiger partial charge in [0.1, 0.15) is 5.75 Å². The van der Waals surface area contributed by atoms with Crippen molar-refractivity contribution in [1.82, 2.24) is 10.6 Å². The Kier molecular flexibility index (Phi) is 6.26. The third-order valence-electron chi connectivity index (χ3n) is 4.48. The number of ether oxygens (including phenoxy) is 2. The van der Waals surface area contributed by atoms with E-state index in [4.69, 9.17) is 9.47 Å². The van der Waals surface area contributed by atoms with Crippen LogP contribution in [0.3, 0.4) is 0 Å². The van der Waals surface area contributed by atoms with E-state index >= 15 is 0 Å². The van der Waals surface area contributed by atoms with Crippen molar-refractivity contribution in [3.63, 3.8) is 0 Å². The van der Waals surface area contributed by atoms with Gasteiger partial charge in [-0.05, 0) is 42.5 Å². The number of nitrogens with one attached hydrogen (secondary N) is 2. The van der Waals surface area contributed by atoms with Crippen molar-refractivity contribution in [2.45, 2.75) is 25.4 Å². The van der Waals surface area contributed by atoms with E-state index < -0.39 is 24.0 Å². The molecule has 2 aromatic rings. The van der Waals surface area contributed by atoms with Gasteiger partial charge in [0, 0.05) is 12.6 Å². The molecule has 146 valence electrons. The van der Waals surface area contributed by atoms with E-state index in [-0.39, 0.29) is 6.61 Å². The molecule has 0 spiro atoms. The predicted molar refractivity (Wildman–Crippen MR) is 102 cm³/mol. The maximum Gasteiger partial charge on any atom is 0.345 e. The fourth-order valence-corrected chi connectivity index (χ4v) is 3.09. The Morgan fingerprint density at radius 2 is 1.79 bits per heavy atom. The summed E-state index contributed by atoms with van der Waals surface area (Å²) in [7, 11) is 1.39. The molecule has 1 aliphatic rings. The number of aryl methyl sites for hydroxylation is 2. The van der Waals surface area contributed by atoms with Crippen molar-refractivity contribution in [2.24, 2.45) is 0 Å². The monoisotopic (exact) mass is 382 g/mol. The van der Waals surface area contributed by atoms with Crippen molar-refractivity contribution in [1.29, 1.82) is 0 Å². The SMILES string of the molecule is CNC(=O)NC(=O)C(OC(=O)COc1ccc2c(c1)CCC2)c1ccccc1. The Labute approximate surface area is 163 Å². The normalized spacial score (nSPS) is 13.2. The molecule has 1 aliphatic carbocycles. The van der Waals surface area contributed by atoms with Gasteiger partial charge in [-0.25, -0.2) is 9.59 Å². The third kappa shape index (κ3) is 4.88. The second kappa shape index (κ2) is 9.03. The maximum atomic E-state index is 12.4. The van der Waals surface area contributed by atoms with E-state index in [1.165, 1.54) is 18.2 Å². The van der Waals surface area contributed by atoms with Gasteiger partial charge in [0.25, 0.3) is 5.91 Å². The first-order chi connectivity index (χ1) is 13.6. The Morgan fingerprint density at radius 1 is 1.04 bits per heavy atom. The lowest BCUT2D eigenvalue weighted by Crippen LogP contribution is -2.41. The molecule has 0 saturated carbocycles. The van der Waals surface area contributed by atoms with Gasteiger partial charge in [-0.15, -0.1) is 0 Å². The van der Waals surface area contributed by atoms with Gasteiger partial charge < -0.3 is 14.8 Å². The van der Waals surface area contributed by atoms with Gasteiger partial charge in [-0.2, -0.15) is 0 Å². The Hall–Kier alpha value is -3.35. The van der Waals surface area contributed by atoms with E-state index in [9.17, 15) is 14.4 Å². The summed E-state index contributed by atoms with van der Waals surface area (Å²) in [5, 5.41) is 4.42. The zero-order chi connectivity index (χ0) is 19.9. The molecule has 1 atom stereocenters. The molecule has 7 heteroatoms. The topological polar surface area (TPSA) is 93.7 Å². The summed E-state index contributed by atoms with van der Waals surface area (Å²) in [5.41, 5.74) is 3.00. The molecule has 0 bridgehead atoms. The van der Waals surface area contributed by atoms with Crippen molar-refractivity contribution >= 4 is 17.9 Å². The number of hydrogen-bond donors (Lipinski definition) is 2. The lowest BCUT2D eigenvalue weighted by Gasteiger charge is -2.17. The van der Waals surface area contributed by atoms with Crippen LogP contribution < -0.4 is 15.4 Å². The summed E-state index contributed by atoms with van der Waals surface area (Å²) in [6.45, 7) is -0.338. The van der Waals surface area contributed by atoms with Crippen LogP contribution in [0.25, 0.3) is 0 Å². The molecule has 28 heavy (non-hydrogen) atoms. The van der Waals surface area contributed by atoms with Crippen molar-refractivity contribution in [3.8, 4) is 5.75 Å². The highest BCUT2D eigenvalue weighted by atomic mass is 16.6. The van der Waals surface area contributed by atoms with Gasteiger partial charge in [0.15, 0.2) is 6.61 Å². The number of benzene rings is 2. The number of rotatable bonds is 6. The quantitative estimate of drug-likeness (QED) is 0.748. The van der Waals surface area contributed by atoms with E-state index in [1.807, 2.05) is 18.2 Å². The molecule has 1 unspecified atom stereocenters. The van der Waals surface area contributed by atoms with Crippen molar-refractivity contribution in [2.75, 3.05) is 13.7 Å². The van der Waals surface area contributed by atoms with Crippen LogP contribution in [0.15, 0.2) is 48.5 Å². The maximum absolute atomic E-state index is 12.4. The highest BCUT2D eigenvalue weighted by Gasteiger charge is 2.26. The zero-order valence-corrected chi connectivity index (χ0v) is 15.6. The number of fused-ring (bicyclic) bond motifs is 1. The summed E-state index contributed by atoms with van der Waals surface area (Å²) in [4.78, 5) is 36.1. The molecule has 0 saturated heterocycles. The van der Waals surface area contributed by atoms with E-state index in [0.29, 0.717) is 11.3 Å². The first kappa shape index (κ1) is 19.4. The number of hydrogen-bond acceptors (Lipinski definition) is 5. The predicted octanol–water partition coefficient (Wildman–Crippen LogP) is 2.29. The minimum Gasteiger partial charge on any atom is -0.482 e. The molecule has 3 amide bonds. The minimum absolute atomic E-state index is 0.338. The molecule has 0 aliphatic heterocycles. The molecular weight excluding hydrogens is 360 g/mol. The Balaban J connectivity index is 1.63. The average molecular weight is 382 g/mol. The van der Waals surface area contributed by atoms with Crippen LogP contribution in [0.1, 0.15) is 29.2 Å². The molecule has 0 aromatic heterocycles. The minimum atomic E-state index is -1.25. The van der Waals surface area contributed by atoms with Crippen LogP contribution >= 0.6 is 0 Å². The molecule has 0 fully saturated rings. The summed E-state index contributed by atoms with van der Waals surface area (Å²) in [6.07, 6.45) is 1.94. The van der Waals surface area contributed by atoms with Crippen LogP contribution in [0, 0.1) is 0 Å². The highest BCUT2D eigenvalue weighted by Crippen LogP contribution is 2.26. The van der Waals surface area contributed by atoms with Crippen molar-refractivity contribution < 1.29 is 23.9 Å². The lowest BCUT2D eigenvalue weighted by molar-refractivity contribution is -0.158. The average Bonchev–Trinajstić information content (AvgIpc) is 3.18. The molecular formula is C21H22N2O5. The number of imide groups is 1. The number of carbonyl (C=O) groups excluding carboxylic acids is 3. The number of esters is 1. The first-order valence-corrected chi connectivity index (χ1v) is 9.08. The first-order valence-electron chi connectivity index (χ1n) is 9.08. The largest absolute Gasteiger partial charge is 0.482 e. The molecule has 3 rings (SSSR count). The highest BCUT2D eigenvalue weighted by molar-refractivity contribution is 5.97. The molecule has 2 aromatic carbocycles. The smallest absolute Gasteiger partial charge is 0.345 e. The fraction of sp³-hybridized carbons (Fsp3) is 0.286. The van der Waals surface area contributed by atoms with E-state index in [0.717, 1.165) is 19.3 Å². The Morgan fingerprint density at radius 3 is 2.54 bits per heavy atom. The number of carbonyl (C=O) groups is 3. The standard InChI is InChI=1S/C21H22N2O5/c1-22-21(26)23-20(25)19(15-6-3-2-4-7-15)28-18(24)13-27-17-11-10-14-8-5-9-16(14)12-17/h2-4,6-7,10-12,19H,5,8-9,13H2,1H3,(H2,22,23,25,26). The number of amides is 3. The van der Waals surface area contributed by atoms with E-state index in [1.54, 1.807) is 30.3 Å². The van der Waals surface area contributed by atoms with Crippen LogP contribution in [-0.4, -0.2) is 31.6 Å². The molecule has 7 nitrogen and oxygen atoms in total. The van der Waals surface area contributed by atoms with Gasteiger partial charge in [-0.1, -0.05) is 36.4 Å². The summed E-state index contributed by atoms with van der Waals surface area (Å²) < 4.78 is 10.8. The van der Waals surface area contributed by atoms with E-state index in [2.05, 4.69) is 10.6 Å². The van der Waals surface area contributed by atoms with Crippen LogP contribution in [0.5, 0.6) is 5.75 Å². The Bertz CT molecular complexity index is 866. The zero-order valence-electron chi connectivity index (χ0n) is 15.6. The van der Waals surface area contributed by atoms with Crippen molar-refractivity contribution in [3.05, 3.63) is 65.2 Å². The van der Waals surface area contributed by atoms with Crippen LogP contribution in [0.2, 0.25) is 0 Å². The fourth-order valence-electron chi connectivity index (χ4n) is 3.09. The number of urea groups is 1. The molecule has 2 N–H and O–H groups in total. The second-order valence-corrected chi connectivity index (χ2v) is 6.42. The van der Waals surface area contributed by atoms with Gasteiger partial charge in [0.05, 0.1) is 0 Å². The van der Waals surface area contributed by atoms with Crippen LogP contribution in [-0.2, 0) is 27.2 Å². The van der Waals surface area contributed by atoms with Gasteiger partial charge >= 0.3 is 12.0 Å². The third-order valence-corrected chi connectivity index (χ3v) is 4.48. The summed E-state index contributed by atoms with van der Waals surface area (Å²) >= 11 is 0. The second-order valence-electron chi connectivity index (χ2n) is 6.42. The van der Waals surface area contributed by atoms with Gasteiger partial charge in [-0.3, -0.25) is 10.1 Å². The summed E-state index contributed by atoms with van der Waals surface area (Å²) in [6, 6.07) is 13.6.